The topological polar surface area (TPSA) is 59.6 Å². The van der Waals surface area contributed by atoms with Gasteiger partial charge in [-0.15, -0.1) is 0 Å². The Hall–Kier alpha value is -1.53. The van der Waals surface area contributed by atoms with Gasteiger partial charge in [0.05, 0.1) is 17.6 Å². The maximum absolute atomic E-state index is 12.0. The Morgan fingerprint density at radius 3 is 2.65 bits per heavy atom. The molecule has 4 fully saturated rings. The van der Waals surface area contributed by atoms with Crippen LogP contribution in [-0.2, 0) is 15.7 Å². The molecule has 1 aliphatic heterocycles. The number of rotatable bonds is 4. The molecule has 3 unspecified atom stereocenters. The molecule has 0 spiro atoms. The Morgan fingerprint density at radius 2 is 2.00 bits per heavy atom. The number of hydrogen-bond acceptors (Lipinski definition) is 3. The van der Waals surface area contributed by atoms with Crippen molar-refractivity contribution in [3.63, 3.8) is 0 Å². The third-order valence-electron chi connectivity index (χ3n) is 7.14. The van der Waals surface area contributed by atoms with E-state index in [2.05, 4.69) is 43.5 Å². The molecule has 2 N–H and O–H groups in total. The van der Waals surface area contributed by atoms with Gasteiger partial charge in [0.15, 0.2) is 0 Å². The van der Waals surface area contributed by atoms with E-state index in [0.29, 0.717) is 23.7 Å². The summed E-state index contributed by atoms with van der Waals surface area (Å²) in [5, 5.41) is 5.68. The molecular weight excluding hydrogens is 327 g/mol. The van der Waals surface area contributed by atoms with Crippen LogP contribution >= 0.6 is 0 Å². The lowest BCUT2D eigenvalue weighted by Gasteiger charge is -2.64. The van der Waals surface area contributed by atoms with Gasteiger partial charge < -0.3 is 19.9 Å². The fourth-order valence-electron chi connectivity index (χ4n) is 5.39. The second-order valence-electron chi connectivity index (χ2n) is 8.86. The molecule has 1 heterocycles. The molecule has 4 aliphatic rings. The van der Waals surface area contributed by atoms with E-state index in [0.717, 1.165) is 12.0 Å². The quantitative estimate of drug-likeness (QED) is 0.816. The van der Waals surface area contributed by atoms with Crippen molar-refractivity contribution >= 4 is 13.1 Å². The van der Waals surface area contributed by atoms with Crippen molar-refractivity contribution in [2.24, 2.45) is 17.3 Å². The predicted octanol–water partition coefficient (Wildman–Crippen LogP) is 2.79. The molecule has 0 aromatic heterocycles. The van der Waals surface area contributed by atoms with Crippen LogP contribution in [0.25, 0.3) is 0 Å². The molecule has 1 saturated heterocycles. The molecule has 5 rings (SSSR count). The number of carbonyl (C=O) groups excluding carboxylic acids is 1. The molecule has 2 amide bonds. The van der Waals surface area contributed by atoms with Crippen LogP contribution in [0.4, 0.5) is 4.79 Å². The lowest BCUT2D eigenvalue weighted by molar-refractivity contribution is -0.199. The minimum atomic E-state index is -0.419. The SMILES string of the molecule is CNC(=O)NC(Cc1ccccc1)B1O[C@@H]2CC3CC(C3(C)C)[C@]2(C)O1. The highest BCUT2D eigenvalue weighted by Crippen LogP contribution is 2.65. The van der Waals surface area contributed by atoms with E-state index >= 15 is 0 Å². The van der Waals surface area contributed by atoms with Crippen LogP contribution in [0.3, 0.4) is 0 Å². The van der Waals surface area contributed by atoms with Crippen molar-refractivity contribution in [1.82, 2.24) is 10.6 Å². The van der Waals surface area contributed by atoms with E-state index in [1.54, 1.807) is 7.05 Å². The van der Waals surface area contributed by atoms with Gasteiger partial charge in [0.2, 0.25) is 0 Å². The van der Waals surface area contributed by atoms with Gasteiger partial charge in [0.25, 0.3) is 0 Å². The smallest absolute Gasteiger partial charge is 0.404 e. The molecule has 5 nitrogen and oxygen atoms in total. The number of hydrogen-bond donors (Lipinski definition) is 2. The maximum Gasteiger partial charge on any atom is 0.482 e. The van der Waals surface area contributed by atoms with Crippen molar-refractivity contribution < 1.29 is 14.1 Å². The Bertz CT molecular complexity index is 683. The van der Waals surface area contributed by atoms with Crippen LogP contribution in [0.2, 0.25) is 0 Å². The highest BCUT2D eigenvalue weighted by molar-refractivity contribution is 6.48. The average Bonchev–Trinajstić information content (AvgIpc) is 2.98. The van der Waals surface area contributed by atoms with Crippen LogP contribution in [0.15, 0.2) is 30.3 Å². The summed E-state index contributed by atoms with van der Waals surface area (Å²) in [6.07, 6.45) is 3.07. The fraction of sp³-hybridized carbons (Fsp3) is 0.650. The van der Waals surface area contributed by atoms with Gasteiger partial charge in [0.1, 0.15) is 0 Å². The van der Waals surface area contributed by atoms with Crippen LogP contribution in [0.5, 0.6) is 0 Å². The summed E-state index contributed by atoms with van der Waals surface area (Å²) in [5.74, 6) is 1.01. The number of urea groups is 1. The summed E-state index contributed by atoms with van der Waals surface area (Å²) in [5.41, 5.74) is 1.21. The largest absolute Gasteiger partial charge is 0.482 e. The van der Waals surface area contributed by atoms with Crippen molar-refractivity contribution in [2.45, 2.75) is 57.7 Å². The summed E-state index contributed by atoms with van der Waals surface area (Å²) in [4.78, 5) is 12.0. The minimum Gasteiger partial charge on any atom is -0.404 e. The standard InChI is InChI=1S/C20H29BN2O3/c1-19(2)14-11-15(19)20(3)16(12-14)25-21(26-20)17(23-18(24)22-4)10-13-8-6-5-7-9-13/h5-9,14-17H,10-12H2,1-4H3,(H2,22,23,24)/t14?,15?,16-,17?,20+/m1/s1. The summed E-state index contributed by atoms with van der Waals surface area (Å²) in [7, 11) is 1.21. The number of amides is 2. The molecule has 26 heavy (non-hydrogen) atoms. The Labute approximate surface area is 156 Å². The zero-order chi connectivity index (χ0) is 18.5. The highest BCUT2D eigenvalue weighted by atomic mass is 16.7. The molecular formula is C20H29BN2O3. The van der Waals surface area contributed by atoms with Crippen LogP contribution in [0, 0.1) is 17.3 Å². The minimum absolute atomic E-state index is 0.119. The number of carbonyl (C=O) groups is 1. The molecule has 3 saturated carbocycles. The predicted molar refractivity (Wildman–Crippen MR) is 102 cm³/mol. The van der Waals surface area contributed by atoms with Crippen LogP contribution < -0.4 is 10.6 Å². The molecule has 140 valence electrons. The van der Waals surface area contributed by atoms with Crippen molar-refractivity contribution in [3.8, 4) is 0 Å². The lowest BCUT2D eigenvalue weighted by Crippen LogP contribution is -2.65. The van der Waals surface area contributed by atoms with Crippen molar-refractivity contribution in [1.29, 1.82) is 0 Å². The van der Waals surface area contributed by atoms with Gasteiger partial charge in [-0.25, -0.2) is 4.79 Å². The molecule has 1 aromatic rings. The Kier molecular flexibility index (Phi) is 4.31. The molecule has 1 aromatic carbocycles. The molecule has 2 bridgehead atoms. The first-order valence-electron chi connectivity index (χ1n) is 9.70. The molecule has 0 radical (unpaired) electrons. The van der Waals surface area contributed by atoms with E-state index in [4.69, 9.17) is 9.31 Å². The van der Waals surface area contributed by atoms with E-state index in [1.807, 2.05) is 18.2 Å². The van der Waals surface area contributed by atoms with E-state index in [-0.39, 0.29) is 23.7 Å². The summed E-state index contributed by atoms with van der Waals surface area (Å²) in [6, 6.07) is 9.97. The third kappa shape index (κ3) is 2.74. The Morgan fingerprint density at radius 1 is 1.27 bits per heavy atom. The average molecular weight is 356 g/mol. The summed E-state index contributed by atoms with van der Waals surface area (Å²) in [6.45, 7) is 6.92. The van der Waals surface area contributed by atoms with Crippen LogP contribution in [-0.4, -0.2) is 37.8 Å². The molecule has 5 atom stereocenters. The highest BCUT2D eigenvalue weighted by Gasteiger charge is 2.68. The van der Waals surface area contributed by atoms with Gasteiger partial charge in [0, 0.05) is 7.05 Å². The summed E-state index contributed by atoms with van der Waals surface area (Å²) < 4.78 is 12.9. The van der Waals surface area contributed by atoms with Gasteiger partial charge >= 0.3 is 13.1 Å². The number of benzene rings is 1. The first-order valence-corrected chi connectivity index (χ1v) is 9.70. The van der Waals surface area contributed by atoms with Gasteiger partial charge in [-0.2, -0.15) is 0 Å². The van der Waals surface area contributed by atoms with Crippen molar-refractivity contribution in [3.05, 3.63) is 35.9 Å². The summed E-state index contributed by atoms with van der Waals surface area (Å²) >= 11 is 0. The van der Waals surface area contributed by atoms with E-state index < -0.39 is 7.12 Å². The van der Waals surface area contributed by atoms with E-state index in [9.17, 15) is 4.79 Å². The Balaban J connectivity index is 1.54. The molecule has 3 aliphatic carbocycles. The maximum atomic E-state index is 12.0. The third-order valence-corrected chi connectivity index (χ3v) is 7.14. The van der Waals surface area contributed by atoms with Gasteiger partial charge in [-0.05, 0) is 49.0 Å². The second-order valence-corrected chi connectivity index (χ2v) is 8.86. The van der Waals surface area contributed by atoms with Crippen LogP contribution in [0.1, 0.15) is 39.2 Å². The zero-order valence-electron chi connectivity index (χ0n) is 16.1. The zero-order valence-corrected chi connectivity index (χ0v) is 16.1. The normalized spacial score (nSPS) is 35.2. The fourth-order valence-corrected chi connectivity index (χ4v) is 5.39. The van der Waals surface area contributed by atoms with Crippen molar-refractivity contribution in [2.75, 3.05) is 7.05 Å². The van der Waals surface area contributed by atoms with Gasteiger partial charge in [-0.1, -0.05) is 44.2 Å². The molecule has 6 heteroatoms. The second kappa shape index (κ2) is 6.27. The monoisotopic (exact) mass is 356 g/mol. The first kappa shape index (κ1) is 17.9. The lowest BCUT2D eigenvalue weighted by atomic mass is 9.43. The van der Waals surface area contributed by atoms with Gasteiger partial charge in [-0.3, -0.25) is 0 Å². The van der Waals surface area contributed by atoms with E-state index in [1.165, 1.54) is 6.42 Å². The first-order chi connectivity index (χ1) is 12.3. The number of nitrogens with one attached hydrogen (secondary N) is 2.